The third kappa shape index (κ3) is 2.97. The minimum Gasteiger partial charge on any atom is -0.297 e. The maximum atomic E-state index is 6.11. The molecular formula is C18H17Cl2N3. The van der Waals surface area contributed by atoms with Gasteiger partial charge in [0.05, 0.1) is 27.8 Å². The highest BCUT2D eigenvalue weighted by Gasteiger charge is 2.25. The third-order valence-electron chi connectivity index (χ3n) is 4.49. The molecule has 1 fully saturated rings. The van der Waals surface area contributed by atoms with Crippen LogP contribution in [-0.2, 0) is 6.54 Å². The first-order chi connectivity index (χ1) is 11.2. The summed E-state index contributed by atoms with van der Waals surface area (Å²) in [6.45, 7) is 2.97. The van der Waals surface area contributed by atoms with Gasteiger partial charge in [-0.25, -0.2) is 0 Å². The van der Waals surface area contributed by atoms with Crippen LogP contribution in [0.25, 0.3) is 10.9 Å². The van der Waals surface area contributed by atoms with Gasteiger partial charge in [-0.05, 0) is 30.2 Å². The van der Waals surface area contributed by atoms with Crippen LogP contribution in [0.5, 0.6) is 0 Å². The van der Waals surface area contributed by atoms with E-state index in [2.05, 4.69) is 38.9 Å². The largest absolute Gasteiger partial charge is 0.297 e. The first-order valence-electron chi connectivity index (χ1n) is 7.79. The molecule has 0 aliphatic carbocycles. The van der Waals surface area contributed by atoms with E-state index in [-0.39, 0.29) is 0 Å². The molecule has 5 heteroatoms. The molecule has 118 valence electrons. The van der Waals surface area contributed by atoms with Crippen LogP contribution in [0.15, 0.2) is 48.7 Å². The van der Waals surface area contributed by atoms with Gasteiger partial charge in [0, 0.05) is 25.0 Å². The first kappa shape index (κ1) is 15.0. The van der Waals surface area contributed by atoms with E-state index in [0.717, 1.165) is 26.1 Å². The lowest BCUT2D eigenvalue weighted by Gasteiger charge is -2.17. The van der Waals surface area contributed by atoms with E-state index in [9.17, 15) is 0 Å². The summed E-state index contributed by atoms with van der Waals surface area (Å²) in [4.78, 5) is 2.45. The number of rotatable bonds is 3. The van der Waals surface area contributed by atoms with E-state index in [1.807, 2.05) is 24.4 Å². The Balaban J connectivity index is 1.49. The molecule has 1 aliphatic heterocycles. The quantitative estimate of drug-likeness (QED) is 0.680. The van der Waals surface area contributed by atoms with Gasteiger partial charge in [-0.1, -0.05) is 47.5 Å². The number of para-hydroxylation sites is 1. The molecule has 1 aromatic heterocycles. The third-order valence-corrected chi connectivity index (χ3v) is 5.23. The predicted molar refractivity (Wildman–Crippen MR) is 95.1 cm³/mol. The van der Waals surface area contributed by atoms with Crippen molar-refractivity contribution in [1.29, 1.82) is 0 Å². The maximum absolute atomic E-state index is 6.11. The van der Waals surface area contributed by atoms with E-state index in [0.29, 0.717) is 16.1 Å². The summed E-state index contributed by atoms with van der Waals surface area (Å²) < 4.78 is 2.17. The molecular weight excluding hydrogens is 329 g/mol. The Morgan fingerprint density at radius 3 is 2.83 bits per heavy atom. The number of nitrogens with zero attached hydrogens (tertiary/aromatic N) is 3. The zero-order chi connectivity index (χ0) is 15.8. The molecule has 0 saturated carbocycles. The van der Waals surface area contributed by atoms with Crippen molar-refractivity contribution in [2.75, 3.05) is 13.1 Å². The minimum absolute atomic E-state index is 0.428. The Morgan fingerprint density at radius 2 is 1.96 bits per heavy atom. The van der Waals surface area contributed by atoms with E-state index in [4.69, 9.17) is 23.2 Å². The van der Waals surface area contributed by atoms with Crippen molar-refractivity contribution in [1.82, 2.24) is 14.7 Å². The lowest BCUT2D eigenvalue weighted by atomic mass is 10.2. The van der Waals surface area contributed by atoms with Gasteiger partial charge in [-0.15, -0.1) is 0 Å². The van der Waals surface area contributed by atoms with Crippen molar-refractivity contribution >= 4 is 34.1 Å². The topological polar surface area (TPSA) is 21.1 Å². The van der Waals surface area contributed by atoms with Crippen LogP contribution in [0.3, 0.4) is 0 Å². The number of halogens is 2. The summed E-state index contributed by atoms with van der Waals surface area (Å²) >= 11 is 12.1. The van der Waals surface area contributed by atoms with Gasteiger partial charge in [-0.2, -0.15) is 5.10 Å². The van der Waals surface area contributed by atoms with Crippen LogP contribution in [0.2, 0.25) is 10.0 Å². The zero-order valence-corrected chi connectivity index (χ0v) is 14.1. The monoisotopic (exact) mass is 345 g/mol. The van der Waals surface area contributed by atoms with Crippen LogP contribution < -0.4 is 0 Å². The Morgan fingerprint density at radius 1 is 1.09 bits per heavy atom. The molecule has 3 nitrogen and oxygen atoms in total. The molecule has 2 heterocycles. The van der Waals surface area contributed by atoms with Crippen molar-refractivity contribution in [3.63, 3.8) is 0 Å². The zero-order valence-electron chi connectivity index (χ0n) is 12.6. The Bertz CT molecular complexity index is 843. The van der Waals surface area contributed by atoms with Gasteiger partial charge in [0.15, 0.2) is 0 Å². The molecule has 0 bridgehead atoms. The number of aromatic nitrogens is 2. The van der Waals surface area contributed by atoms with E-state index >= 15 is 0 Å². The summed E-state index contributed by atoms with van der Waals surface area (Å²) in [7, 11) is 0. The highest BCUT2D eigenvalue weighted by Crippen LogP contribution is 2.28. The molecule has 1 atom stereocenters. The SMILES string of the molecule is Clc1ccc(CN2CCC(n3ncc4ccccc43)C2)cc1Cl. The number of fused-ring (bicyclic) bond motifs is 1. The molecule has 0 amide bonds. The van der Waals surface area contributed by atoms with E-state index < -0.39 is 0 Å². The Kier molecular flexibility index (Phi) is 4.02. The van der Waals surface area contributed by atoms with Gasteiger partial charge in [-0.3, -0.25) is 9.58 Å². The highest BCUT2D eigenvalue weighted by molar-refractivity contribution is 6.42. The van der Waals surface area contributed by atoms with Gasteiger partial charge in [0.2, 0.25) is 0 Å². The second kappa shape index (κ2) is 6.16. The van der Waals surface area contributed by atoms with Crippen LogP contribution in [0.4, 0.5) is 0 Å². The van der Waals surface area contributed by atoms with Crippen LogP contribution >= 0.6 is 23.2 Å². The summed E-state index contributed by atoms with van der Waals surface area (Å²) in [5.41, 5.74) is 2.42. The van der Waals surface area contributed by atoms with E-state index in [1.165, 1.54) is 16.5 Å². The minimum atomic E-state index is 0.428. The first-order valence-corrected chi connectivity index (χ1v) is 8.55. The number of hydrogen-bond donors (Lipinski definition) is 0. The van der Waals surface area contributed by atoms with Crippen molar-refractivity contribution < 1.29 is 0 Å². The van der Waals surface area contributed by atoms with Crippen molar-refractivity contribution in [2.45, 2.75) is 19.0 Å². The Hall–Kier alpha value is -1.55. The number of likely N-dealkylation sites (tertiary alicyclic amines) is 1. The average Bonchev–Trinajstić information content (AvgIpc) is 3.17. The smallest absolute Gasteiger partial charge is 0.0686 e. The fourth-order valence-corrected chi connectivity index (χ4v) is 3.66. The molecule has 0 N–H and O–H groups in total. The Labute approximate surface area is 145 Å². The summed E-state index contributed by atoms with van der Waals surface area (Å²) in [5.74, 6) is 0. The second-order valence-corrected chi connectivity index (χ2v) is 6.89. The van der Waals surface area contributed by atoms with Crippen LogP contribution in [0, 0.1) is 0 Å². The molecule has 1 aliphatic rings. The molecule has 0 spiro atoms. The summed E-state index contributed by atoms with van der Waals surface area (Å²) in [6, 6.07) is 14.7. The molecule has 1 unspecified atom stereocenters. The standard InChI is InChI=1S/C18H17Cl2N3/c19-16-6-5-13(9-17(16)20)11-22-8-7-15(12-22)23-18-4-2-1-3-14(18)10-21-23/h1-6,9-10,15H,7-8,11-12H2. The van der Waals surface area contributed by atoms with Gasteiger partial charge in [0.25, 0.3) is 0 Å². The predicted octanol–water partition coefficient (Wildman–Crippen LogP) is 4.79. The average molecular weight is 346 g/mol. The normalized spacial score (nSPS) is 18.8. The number of benzene rings is 2. The molecule has 2 aromatic carbocycles. The van der Waals surface area contributed by atoms with Crippen molar-refractivity contribution in [2.24, 2.45) is 0 Å². The second-order valence-electron chi connectivity index (χ2n) is 6.07. The van der Waals surface area contributed by atoms with Crippen LogP contribution in [0.1, 0.15) is 18.0 Å². The van der Waals surface area contributed by atoms with Gasteiger partial charge < -0.3 is 0 Å². The highest BCUT2D eigenvalue weighted by atomic mass is 35.5. The lowest BCUT2D eigenvalue weighted by Crippen LogP contribution is -2.21. The van der Waals surface area contributed by atoms with E-state index in [1.54, 1.807) is 0 Å². The van der Waals surface area contributed by atoms with Gasteiger partial charge >= 0.3 is 0 Å². The van der Waals surface area contributed by atoms with Gasteiger partial charge in [0.1, 0.15) is 0 Å². The maximum Gasteiger partial charge on any atom is 0.0686 e. The molecule has 23 heavy (non-hydrogen) atoms. The summed E-state index contributed by atoms with van der Waals surface area (Å²) in [6.07, 6.45) is 3.07. The lowest BCUT2D eigenvalue weighted by molar-refractivity contribution is 0.313. The molecule has 0 radical (unpaired) electrons. The van der Waals surface area contributed by atoms with Crippen molar-refractivity contribution in [3.05, 3.63) is 64.3 Å². The van der Waals surface area contributed by atoms with Crippen LogP contribution in [-0.4, -0.2) is 27.8 Å². The molecule has 4 rings (SSSR count). The number of hydrogen-bond acceptors (Lipinski definition) is 2. The fraction of sp³-hybridized carbons (Fsp3) is 0.278. The molecule has 3 aromatic rings. The van der Waals surface area contributed by atoms with Crippen molar-refractivity contribution in [3.8, 4) is 0 Å². The molecule has 1 saturated heterocycles. The fourth-order valence-electron chi connectivity index (χ4n) is 3.33. The summed E-state index contributed by atoms with van der Waals surface area (Å²) in [5, 5.41) is 7.03.